The van der Waals surface area contributed by atoms with E-state index in [1.54, 1.807) is 0 Å². The van der Waals surface area contributed by atoms with Crippen LogP contribution in [0.4, 0.5) is 0 Å². The Morgan fingerprint density at radius 2 is 2.29 bits per heavy atom. The highest BCUT2D eigenvalue weighted by Crippen LogP contribution is 2.23. The van der Waals surface area contributed by atoms with Crippen molar-refractivity contribution < 1.29 is 14.7 Å². The monoisotopic (exact) mass is 236 g/mol. The van der Waals surface area contributed by atoms with Crippen LogP contribution in [0, 0.1) is 0 Å². The number of aliphatic carboxylic acids is 1. The lowest BCUT2D eigenvalue weighted by molar-refractivity contribution is -0.146. The maximum atomic E-state index is 11.7. The number of nitrogens with two attached hydrogens (primary N) is 1. The minimum Gasteiger partial charge on any atom is -0.479 e. The lowest BCUT2D eigenvalue weighted by atomic mass is 9.97. The average Bonchev–Trinajstić information content (AvgIpc) is 2.59. The third-order valence-corrected chi connectivity index (χ3v) is 3.12. The minimum atomic E-state index is -0.978. The van der Waals surface area contributed by atoms with Gasteiger partial charge in [-0.15, -0.1) is 0 Å². The van der Waals surface area contributed by atoms with Gasteiger partial charge in [0.2, 0.25) is 5.91 Å². The second kappa shape index (κ2) is 4.71. The maximum Gasteiger partial charge on any atom is 0.330 e. The molecule has 3 N–H and O–H groups in total. The van der Waals surface area contributed by atoms with Crippen molar-refractivity contribution in [3.63, 3.8) is 0 Å². The van der Waals surface area contributed by atoms with Gasteiger partial charge in [-0.05, 0) is 18.4 Å². The average molecular weight is 236 g/mol. The van der Waals surface area contributed by atoms with Gasteiger partial charge in [0.25, 0.3) is 0 Å². The number of amides is 1. The maximum absolute atomic E-state index is 11.7. The van der Waals surface area contributed by atoms with Gasteiger partial charge in [-0.3, -0.25) is 4.79 Å². The zero-order valence-corrected chi connectivity index (χ0v) is 9.50. The summed E-state index contributed by atoms with van der Waals surface area (Å²) in [7, 11) is 0. The van der Waals surface area contributed by atoms with Crippen LogP contribution < -0.4 is 5.73 Å². The summed E-state index contributed by atoms with van der Waals surface area (Å²) in [5, 5.41) is 9.29. The molecular formula is C12H16N2O3. The van der Waals surface area contributed by atoms with E-state index in [-0.39, 0.29) is 18.4 Å². The molecule has 2 aliphatic rings. The Bertz CT molecular complexity index is 401. The molecule has 5 nitrogen and oxygen atoms in total. The number of carboxylic acids is 1. The fourth-order valence-corrected chi connectivity index (χ4v) is 2.34. The lowest BCUT2D eigenvalue weighted by Crippen LogP contribution is -2.44. The van der Waals surface area contributed by atoms with Crippen LogP contribution in [0.15, 0.2) is 23.8 Å². The molecule has 0 aromatic rings. The predicted molar refractivity (Wildman–Crippen MR) is 62.2 cm³/mol. The molecule has 0 aromatic carbocycles. The number of carbonyl (C=O) groups is 2. The minimum absolute atomic E-state index is 0.166. The molecule has 1 heterocycles. The molecular weight excluding hydrogens is 220 g/mol. The molecule has 92 valence electrons. The first-order valence-corrected chi connectivity index (χ1v) is 5.71. The summed E-state index contributed by atoms with van der Waals surface area (Å²) < 4.78 is 0. The molecule has 2 rings (SSSR count). The Morgan fingerprint density at radius 3 is 2.76 bits per heavy atom. The van der Waals surface area contributed by atoms with E-state index < -0.39 is 12.0 Å². The van der Waals surface area contributed by atoms with E-state index in [4.69, 9.17) is 5.73 Å². The summed E-state index contributed by atoms with van der Waals surface area (Å²) in [6.45, 7) is 0.330. The molecule has 1 amide bonds. The van der Waals surface area contributed by atoms with E-state index in [1.807, 2.05) is 18.2 Å². The molecule has 1 aliphatic carbocycles. The van der Waals surface area contributed by atoms with E-state index in [0.717, 1.165) is 12.0 Å². The third-order valence-electron chi connectivity index (χ3n) is 3.12. The van der Waals surface area contributed by atoms with Crippen LogP contribution in [0.3, 0.4) is 0 Å². The van der Waals surface area contributed by atoms with Gasteiger partial charge in [0.15, 0.2) is 6.04 Å². The zero-order valence-electron chi connectivity index (χ0n) is 9.50. The summed E-state index contributed by atoms with van der Waals surface area (Å²) in [5.41, 5.74) is 6.47. The highest BCUT2D eigenvalue weighted by molar-refractivity contribution is 5.87. The van der Waals surface area contributed by atoms with E-state index in [9.17, 15) is 14.7 Å². The first kappa shape index (κ1) is 11.9. The van der Waals surface area contributed by atoms with Gasteiger partial charge in [0, 0.05) is 19.0 Å². The highest BCUT2D eigenvalue weighted by atomic mass is 16.4. The van der Waals surface area contributed by atoms with Crippen LogP contribution in [0.2, 0.25) is 0 Å². The largest absolute Gasteiger partial charge is 0.479 e. The molecule has 17 heavy (non-hydrogen) atoms. The molecule has 0 bridgehead atoms. The Morgan fingerprint density at radius 1 is 1.53 bits per heavy atom. The summed E-state index contributed by atoms with van der Waals surface area (Å²) in [6.07, 6.45) is 7.37. The lowest BCUT2D eigenvalue weighted by Gasteiger charge is -2.27. The number of nitrogens with zero attached hydrogens (tertiary/aromatic N) is 1. The van der Waals surface area contributed by atoms with Gasteiger partial charge in [-0.2, -0.15) is 0 Å². The summed E-state index contributed by atoms with van der Waals surface area (Å²) in [4.78, 5) is 24.4. The molecule has 1 unspecified atom stereocenters. The van der Waals surface area contributed by atoms with Gasteiger partial charge < -0.3 is 15.7 Å². The topological polar surface area (TPSA) is 83.6 Å². The Balaban J connectivity index is 2.20. The summed E-state index contributed by atoms with van der Waals surface area (Å²) in [6, 6.07) is -1.09. The van der Waals surface area contributed by atoms with E-state index in [2.05, 4.69) is 0 Å². The van der Waals surface area contributed by atoms with Crippen LogP contribution in [0.1, 0.15) is 19.3 Å². The molecule has 2 atom stereocenters. The predicted octanol–water partition coefficient (Wildman–Crippen LogP) is 0.276. The quantitative estimate of drug-likeness (QED) is 0.689. The molecule has 0 saturated carbocycles. The van der Waals surface area contributed by atoms with Crippen LogP contribution in [-0.2, 0) is 9.59 Å². The number of rotatable bonds is 3. The van der Waals surface area contributed by atoms with Crippen LogP contribution >= 0.6 is 0 Å². The summed E-state index contributed by atoms with van der Waals surface area (Å²) in [5.74, 6) is -1.14. The summed E-state index contributed by atoms with van der Waals surface area (Å²) >= 11 is 0. The van der Waals surface area contributed by atoms with Crippen LogP contribution in [0.5, 0.6) is 0 Å². The third kappa shape index (κ3) is 2.39. The van der Waals surface area contributed by atoms with Gasteiger partial charge in [0.1, 0.15) is 0 Å². The Hall–Kier alpha value is -1.62. The molecule has 0 spiro atoms. The van der Waals surface area contributed by atoms with Crippen molar-refractivity contribution in [2.24, 2.45) is 5.73 Å². The van der Waals surface area contributed by atoms with Crippen molar-refractivity contribution >= 4 is 11.9 Å². The number of likely N-dealkylation sites (tertiary alicyclic amines) is 1. The van der Waals surface area contributed by atoms with Crippen molar-refractivity contribution in [2.45, 2.75) is 31.3 Å². The van der Waals surface area contributed by atoms with E-state index in [0.29, 0.717) is 13.0 Å². The van der Waals surface area contributed by atoms with Crippen LogP contribution in [0.25, 0.3) is 0 Å². The zero-order chi connectivity index (χ0) is 12.4. The molecule has 1 saturated heterocycles. The van der Waals surface area contributed by atoms with E-state index >= 15 is 0 Å². The molecule has 1 aliphatic heterocycles. The molecule has 5 heteroatoms. The van der Waals surface area contributed by atoms with Crippen molar-refractivity contribution in [3.8, 4) is 0 Å². The van der Waals surface area contributed by atoms with Crippen molar-refractivity contribution in [3.05, 3.63) is 23.8 Å². The molecule has 0 aromatic heterocycles. The number of hydrogen-bond donors (Lipinski definition) is 2. The second-order valence-electron chi connectivity index (χ2n) is 4.44. The number of hydrogen-bond acceptors (Lipinski definition) is 3. The van der Waals surface area contributed by atoms with E-state index in [1.165, 1.54) is 4.90 Å². The number of carboxylic acid groups (broad SMARTS) is 1. The first-order chi connectivity index (χ1) is 8.09. The van der Waals surface area contributed by atoms with Crippen molar-refractivity contribution in [1.29, 1.82) is 0 Å². The highest BCUT2D eigenvalue weighted by Gasteiger charge is 2.38. The molecule has 1 fully saturated rings. The number of allylic oxidation sites excluding steroid dienone is 3. The van der Waals surface area contributed by atoms with Gasteiger partial charge in [-0.1, -0.05) is 18.2 Å². The van der Waals surface area contributed by atoms with Crippen molar-refractivity contribution in [2.75, 3.05) is 6.54 Å². The Kier molecular flexibility index (Phi) is 3.28. The Labute approximate surface area is 99.6 Å². The normalized spacial score (nSPS) is 25.9. The smallest absolute Gasteiger partial charge is 0.330 e. The SMILES string of the molecule is NC1CC(=O)N([C@@H](C(=O)O)C2=CCC=CC2)C1. The molecule has 0 radical (unpaired) electrons. The van der Waals surface area contributed by atoms with Crippen molar-refractivity contribution in [1.82, 2.24) is 4.90 Å². The van der Waals surface area contributed by atoms with Gasteiger partial charge in [0.05, 0.1) is 0 Å². The van der Waals surface area contributed by atoms with Crippen LogP contribution in [-0.4, -0.2) is 40.5 Å². The second-order valence-corrected chi connectivity index (χ2v) is 4.44. The first-order valence-electron chi connectivity index (χ1n) is 5.71. The fraction of sp³-hybridized carbons (Fsp3) is 0.500. The van der Waals surface area contributed by atoms with Gasteiger partial charge >= 0.3 is 5.97 Å². The fourth-order valence-electron chi connectivity index (χ4n) is 2.34. The number of carbonyl (C=O) groups excluding carboxylic acids is 1. The standard InChI is InChI=1S/C12H16N2O3/c13-9-6-10(15)14(7-9)11(12(16)17)8-4-2-1-3-5-8/h1-2,5,9,11H,3-4,6-7,13H2,(H,16,17)/t9?,11-/m1/s1. The van der Waals surface area contributed by atoms with Gasteiger partial charge in [-0.25, -0.2) is 4.79 Å².